The van der Waals surface area contributed by atoms with Crippen molar-refractivity contribution in [1.29, 1.82) is 0 Å². The van der Waals surface area contributed by atoms with E-state index in [1.807, 2.05) is 54.6 Å². The standard InChI is InChI=1S/C22H26N4O4S2/c1-32(29,30)26-22-25-19(15-31-22)13-21(28)24-18-9-7-16(8-10-18)11-12-23-14-20(27)17-5-3-2-4-6-17/h2-10,15,20,23,27H,11-14H2,1H3,(H,24,28)(H,25,26)/t20-/m0/s1. The van der Waals surface area contributed by atoms with Crippen LogP contribution in [0.2, 0.25) is 0 Å². The number of benzene rings is 2. The second kappa shape index (κ2) is 11.2. The molecule has 0 spiro atoms. The number of carbonyl (C=O) groups is 1. The third-order valence-electron chi connectivity index (χ3n) is 4.52. The molecule has 1 atom stereocenters. The molecule has 1 amide bonds. The van der Waals surface area contributed by atoms with E-state index in [2.05, 4.69) is 20.3 Å². The van der Waals surface area contributed by atoms with Crippen LogP contribution in [0.3, 0.4) is 0 Å². The Bertz CT molecular complexity index is 1120. The molecule has 3 rings (SSSR count). The highest BCUT2D eigenvalue weighted by molar-refractivity contribution is 7.92. The summed E-state index contributed by atoms with van der Waals surface area (Å²) in [6.45, 7) is 1.21. The van der Waals surface area contributed by atoms with Crippen LogP contribution >= 0.6 is 11.3 Å². The Labute approximate surface area is 191 Å². The number of anilines is 2. The molecular formula is C22H26N4O4S2. The van der Waals surface area contributed by atoms with Crippen LogP contribution in [0.15, 0.2) is 60.0 Å². The van der Waals surface area contributed by atoms with E-state index in [-0.39, 0.29) is 17.5 Å². The summed E-state index contributed by atoms with van der Waals surface area (Å²) in [6, 6.07) is 17.1. The minimum absolute atomic E-state index is 0.0529. The van der Waals surface area contributed by atoms with Crippen LogP contribution in [-0.4, -0.2) is 43.8 Å². The Kier molecular flexibility index (Phi) is 8.34. The summed E-state index contributed by atoms with van der Waals surface area (Å²) in [6.07, 6.45) is 1.36. The zero-order valence-corrected chi connectivity index (χ0v) is 19.2. The molecule has 0 saturated carbocycles. The predicted octanol–water partition coefficient (Wildman–Crippen LogP) is 2.56. The highest BCUT2D eigenvalue weighted by atomic mass is 32.2. The summed E-state index contributed by atoms with van der Waals surface area (Å²) in [5, 5.41) is 18.1. The lowest BCUT2D eigenvalue weighted by molar-refractivity contribution is -0.115. The molecule has 32 heavy (non-hydrogen) atoms. The van der Waals surface area contributed by atoms with Crippen LogP contribution in [0.25, 0.3) is 0 Å². The molecule has 0 fully saturated rings. The first kappa shape index (κ1) is 23.9. The molecule has 3 aromatic rings. The topological polar surface area (TPSA) is 120 Å². The summed E-state index contributed by atoms with van der Waals surface area (Å²) in [5.41, 5.74) is 3.18. The smallest absolute Gasteiger partial charge is 0.231 e. The lowest BCUT2D eigenvalue weighted by Gasteiger charge is -2.12. The van der Waals surface area contributed by atoms with Gasteiger partial charge in [-0.3, -0.25) is 9.52 Å². The van der Waals surface area contributed by atoms with E-state index in [1.165, 1.54) is 0 Å². The average Bonchev–Trinajstić information content (AvgIpc) is 3.17. The zero-order chi connectivity index (χ0) is 23.0. The van der Waals surface area contributed by atoms with Crippen LogP contribution in [0.4, 0.5) is 10.8 Å². The Balaban J connectivity index is 1.40. The first-order valence-corrected chi connectivity index (χ1v) is 12.8. The number of aliphatic hydroxyl groups is 1. The number of aliphatic hydroxyl groups excluding tert-OH is 1. The van der Waals surface area contributed by atoms with Gasteiger partial charge in [-0.25, -0.2) is 13.4 Å². The monoisotopic (exact) mass is 474 g/mol. The molecule has 2 aromatic carbocycles. The number of nitrogens with one attached hydrogen (secondary N) is 3. The lowest BCUT2D eigenvalue weighted by Crippen LogP contribution is -2.23. The van der Waals surface area contributed by atoms with E-state index in [0.717, 1.165) is 41.7 Å². The van der Waals surface area contributed by atoms with Crippen molar-refractivity contribution in [2.45, 2.75) is 18.9 Å². The van der Waals surface area contributed by atoms with Gasteiger partial charge < -0.3 is 15.7 Å². The van der Waals surface area contributed by atoms with Crippen molar-refractivity contribution in [3.8, 4) is 0 Å². The van der Waals surface area contributed by atoms with Crippen molar-refractivity contribution in [1.82, 2.24) is 10.3 Å². The third kappa shape index (κ3) is 8.04. The molecule has 8 nitrogen and oxygen atoms in total. The first-order valence-electron chi connectivity index (χ1n) is 10.0. The van der Waals surface area contributed by atoms with Crippen molar-refractivity contribution in [3.63, 3.8) is 0 Å². The van der Waals surface area contributed by atoms with Crippen LogP contribution in [0.1, 0.15) is 22.9 Å². The van der Waals surface area contributed by atoms with Gasteiger partial charge in [0, 0.05) is 17.6 Å². The van der Waals surface area contributed by atoms with Gasteiger partial charge in [-0.05, 0) is 36.2 Å². The minimum Gasteiger partial charge on any atom is -0.387 e. The van der Waals surface area contributed by atoms with E-state index in [1.54, 1.807) is 5.38 Å². The number of hydrogen-bond acceptors (Lipinski definition) is 7. The van der Waals surface area contributed by atoms with Gasteiger partial charge in [-0.1, -0.05) is 42.5 Å². The molecule has 0 aliphatic heterocycles. The van der Waals surface area contributed by atoms with Gasteiger partial charge in [-0.2, -0.15) is 0 Å². The molecule has 0 aliphatic rings. The summed E-state index contributed by atoms with van der Waals surface area (Å²) in [5.74, 6) is -0.231. The van der Waals surface area contributed by atoms with Gasteiger partial charge >= 0.3 is 0 Å². The zero-order valence-electron chi connectivity index (χ0n) is 17.6. The molecule has 0 bridgehead atoms. The number of thiazole rings is 1. The molecular weight excluding hydrogens is 448 g/mol. The number of amides is 1. The summed E-state index contributed by atoms with van der Waals surface area (Å²) >= 11 is 1.13. The van der Waals surface area contributed by atoms with Gasteiger partial charge in [0.25, 0.3) is 0 Å². The fraction of sp³-hybridized carbons (Fsp3) is 0.273. The molecule has 0 radical (unpaired) electrons. The molecule has 0 unspecified atom stereocenters. The Morgan fingerprint density at radius 2 is 1.84 bits per heavy atom. The van der Waals surface area contributed by atoms with Crippen molar-refractivity contribution in [2.24, 2.45) is 0 Å². The Morgan fingerprint density at radius 1 is 1.12 bits per heavy atom. The minimum atomic E-state index is -3.39. The van der Waals surface area contributed by atoms with Crippen molar-refractivity contribution >= 4 is 38.1 Å². The molecule has 1 heterocycles. The highest BCUT2D eigenvalue weighted by Crippen LogP contribution is 2.17. The fourth-order valence-electron chi connectivity index (χ4n) is 2.98. The second-order valence-corrected chi connectivity index (χ2v) is 9.93. The number of sulfonamides is 1. The largest absolute Gasteiger partial charge is 0.387 e. The summed E-state index contributed by atoms with van der Waals surface area (Å²) in [4.78, 5) is 16.3. The van der Waals surface area contributed by atoms with Crippen LogP contribution in [-0.2, 0) is 27.7 Å². The molecule has 0 aliphatic carbocycles. The number of nitrogens with zero attached hydrogens (tertiary/aromatic N) is 1. The maximum atomic E-state index is 12.2. The van der Waals surface area contributed by atoms with Crippen molar-refractivity contribution in [3.05, 3.63) is 76.8 Å². The van der Waals surface area contributed by atoms with Crippen molar-refractivity contribution in [2.75, 3.05) is 29.4 Å². The van der Waals surface area contributed by atoms with Gasteiger partial charge in [0.15, 0.2) is 5.13 Å². The average molecular weight is 475 g/mol. The maximum Gasteiger partial charge on any atom is 0.231 e. The SMILES string of the molecule is CS(=O)(=O)Nc1nc(CC(=O)Nc2ccc(CCNC[C@H](O)c3ccccc3)cc2)cs1. The second-order valence-electron chi connectivity index (χ2n) is 7.32. The van der Waals surface area contributed by atoms with E-state index >= 15 is 0 Å². The normalized spacial score (nSPS) is 12.3. The van der Waals surface area contributed by atoms with E-state index in [9.17, 15) is 18.3 Å². The highest BCUT2D eigenvalue weighted by Gasteiger charge is 2.11. The van der Waals surface area contributed by atoms with Gasteiger partial charge in [0.05, 0.1) is 24.5 Å². The predicted molar refractivity (Wildman–Crippen MR) is 127 cm³/mol. The van der Waals surface area contributed by atoms with Gasteiger partial charge in [0.1, 0.15) is 0 Å². The fourth-order valence-corrected chi connectivity index (χ4v) is 4.55. The first-order chi connectivity index (χ1) is 15.3. The van der Waals surface area contributed by atoms with E-state index in [0.29, 0.717) is 17.9 Å². The molecule has 10 heteroatoms. The molecule has 4 N–H and O–H groups in total. The number of aromatic nitrogens is 1. The quantitative estimate of drug-likeness (QED) is 0.317. The number of hydrogen-bond donors (Lipinski definition) is 4. The summed E-state index contributed by atoms with van der Waals surface area (Å²) in [7, 11) is -3.39. The Morgan fingerprint density at radius 3 is 2.53 bits per heavy atom. The van der Waals surface area contributed by atoms with Crippen LogP contribution in [0.5, 0.6) is 0 Å². The maximum absolute atomic E-state index is 12.2. The van der Waals surface area contributed by atoms with E-state index in [4.69, 9.17) is 0 Å². The molecule has 0 saturated heterocycles. The van der Waals surface area contributed by atoms with Crippen LogP contribution in [0, 0.1) is 0 Å². The Hall–Kier alpha value is -2.79. The number of carbonyl (C=O) groups excluding carboxylic acids is 1. The molecule has 170 valence electrons. The van der Waals surface area contributed by atoms with E-state index < -0.39 is 16.1 Å². The summed E-state index contributed by atoms with van der Waals surface area (Å²) < 4.78 is 24.8. The third-order valence-corrected chi connectivity index (χ3v) is 6.02. The molecule has 1 aromatic heterocycles. The van der Waals surface area contributed by atoms with Gasteiger partial charge in [-0.15, -0.1) is 11.3 Å². The van der Waals surface area contributed by atoms with Crippen LogP contribution < -0.4 is 15.4 Å². The van der Waals surface area contributed by atoms with Crippen molar-refractivity contribution < 1.29 is 18.3 Å². The van der Waals surface area contributed by atoms with Gasteiger partial charge in [0.2, 0.25) is 15.9 Å². The lowest BCUT2D eigenvalue weighted by atomic mass is 10.1. The number of rotatable bonds is 11.